The minimum atomic E-state index is -0.0107. The molecule has 198 valence electrons. The molecule has 4 nitrogen and oxygen atoms in total. The SMILES string of the molecule is COc1ccc(-c2ccc(Cl)cc2)cc1CN(C(=O)c1sc2ccccc2c1Cl)C1CCC(N(C)C)CC1. The van der Waals surface area contributed by atoms with Gasteiger partial charge in [0.25, 0.3) is 5.91 Å². The van der Waals surface area contributed by atoms with E-state index in [9.17, 15) is 4.79 Å². The van der Waals surface area contributed by atoms with E-state index in [0.717, 1.165) is 58.2 Å². The summed E-state index contributed by atoms with van der Waals surface area (Å²) in [5.74, 6) is 0.758. The molecule has 0 radical (unpaired) electrons. The van der Waals surface area contributed by atoms with Crippen LogP contribution in [-0.2, 0) is 6.54 Å². The molecule has 0 spiro atoms. The van der Waals surface area contributed by atoms with Crippen LogP contribution in [0, 0.1) is 0 Å². The van der Waals surface area contributed by atoms with Crippen molar-refractivity contribution < 1.29 is 9.53 Å². The van der Waals surface area contributed by atoms with Gasteiger partial charge in [-0.15, -0.1) is 11.3 Å². The highest BCUT2D eigenvalue weighted by atomic mass is 35.5. The Balaban J connectivity index is 1.52. The molecule has 1 fully saturated rings. The second-order valence-electron chi connectivity index (χ2n) is 10.1. The third kappa shape index (κ3) is 5.57. The molecule has 1 amide bonds. The lowest BCUT2D eigenvalue weighted by atomic mass is 9.89. The van der Waals surface area contributed by atoms with E-state index in [1.54, 1.807) is 7.11 Å². The number of methoxy groups -OCH3 is 1. The predicted molar refractivity (Wildman–Crippen MR) is 160 cm³/mol. The number of rotatable bonds is 7. The summed E-state index contributed by atoms with van der Waals surface area (Å²) in [5, 5.41) is 2.18. The molecular weight excluding hydrogens is 535 g/mol. The van der Waals surface area contributed by atoms with Crippen LogP contribution in [0.25, 0.3) is 21.2 Å². The second-order valence-corrected chi connectivity index (χ2v) is 12.0. The number of carbonyl (C=O) groups excluding carboxylic acids is 1. The van der Waals surface area contributed by atoms with E-state index < -0.39 is 0 Å². The van der Waals surface area contributed by atoms with Gasteiger partial charge in [-0.05, 0) is 81.2 Å². The molecule has 3 aromatic carbocycles. The molecule has 1 heterocycles. The summed E-state index contributed by atoms with van der Waals surface area (Å²) in [5.41, 5.74) is 3.09. The van der Waals surface area contributed by atoms with Crippen molar-refractivity contribution in [3.63, 3.8) is 0 Å². The minimum Gasteiger partial charge on any atom is -0.496 e. The topological polar surface area (TPSA) is 32.8 Å². The molecule has 0 atom stereocenters. The Morgan fingerprint density at radius 2 is 1.58 bits per heavy atom. The molecule has 1 saturated carbocycles. The van der Waals surface area contributed by atoms with Crippen molar-refractivity contribution in [1.82, 2.24) is 9.80 Å². The number of ether oxygens (including phenoxy) is 1. The Hall–Kier alpha value is -2.57. The van der Waals surface area contributed by atoms with Crippen molar-refractivity contribution in [2.75, 3.05) is 21.2 Å². The van der Waals surface area contributed by atoms with Gasteiger partial charge < -0.3 is 14.5 Å². The number of nitrogens with zero attached hydrogens (tertiary/aromatic N) is 2. The summed E-state index contributed by atoms with van der Waals surface area (Å²) >= 11 is 14.4. The fraction of sp³-hybridized carbons (Fsp3) is 0.323. The molecule has 0 bridgehead atoms. The lowest BCUT2D eigenvalue weighted by Crippen LogP contribution is -2.44. The zero-order chi connectivity index (χ0) is 26.8. The van der Waals surface area contributed by atoms with Crippen LogP contribution in [0.2, 0.25) is 10.0 Å². The average Bonchev–Trinajstić information content (AvgIpc) is 3.28. The molecule has 4 aromatic rings. The zero-order valence-electron chi connectivity index (χ0n) is 21.9. The smallest absolute Gasteiger partial charge is 0.266 e. The van der Waals surface area contributed by atoms with Crippen molar-refractivity contribution >= 4 is 50.5 Å². The first-order chi connectivity index (χ1) is 18.4. The van der Waals surface area contributed by atoms with Gasteiger partial charge in [-0.1, -0.05) is 59.6 Å². The van der Waals surface area contributed by atoms with E-state index >= 15 is 0 Å². The lowest BCUT2D eigenvalue weighted by molar-refractivity contribution is 0.0573. The third-order valence-corrected chi connectivity index (χ3v) is 9.54. The molecule has 0 saturated heterocycles. The number of carbonyl (C=O) groups is 1. The first kappa shape index (κ1) is 27.0. The van der Waals surface area contributed by atoms with E-state index in [2.05, 4.69) is 25.1 Å². The highest BCUT2D eigenvalue weighted by Gasteiger charge is 2.33. The van der Waals surface area contributed by atoms with E-state index in [1.165, 1.54) is 11.3 Å². The van der Waals surface area contributed by atoms with Crippen molar-refractivity contribution in [1.29, 1.82) is 0 Å². The highest BCUT2D eigenvalue weighted by molar-refractivity contribution is 7.21. The Morgan fingerprint density at radius 1 is 0.921 bits per heavy atom. The Labute approximate surface area is 238 Å². The molecule has 0 aliphatic heterocycles. The van der Waals surface area contributed by atoms with Crippen molar-refractivity contribution in [3.8, 4) is 16.9 Å². The number of fused-ring (bicyclic) bond motifs is 1. The summed E-state index contributed by atoms with van der Waals surface area (Å²) in [6, 6.07) is 22.6. The lowest BCUT2D eigenvalue weighted by Gasteiger charge is -2.39. The Morgan fingerprint density at radius 3 is 2.24 bits per heavy atom. The minimum absolute atomic E-state index is 0.0107. The zero-order valence-corrected chi connectivity index (χ0v) is 24.2. The van der Waals surface area contributed by atoms with Gasteiger partial charge in [0, 0.05) is 39.3 Å². The number of hydrogen-bond donors (Lipinski definition) is 0. The van der Waals surface area contributed by atoms with Crippen LogP contribution in [0.3, 0.4) is 0 Å². The highest BCUT2D eigenvalue weighted by Crippen LogP contribution is 2.38. The fourth-order valence-electron chi connectivity index (χ4n) is 5.44. The monoisotopic (exact) mass is 566 g/mol. The van der Waals surface area contributed by atoms with Gasteiger partial charge in [-0.2, -0.15) is 0 Å². The predicted octanol–water partition coefficient (Wildman–Crippen LogP) is 8.40. The number of halogens is 2. The molecule has 1 aliphatic rings. The number of thiophene rings is 1. The molecular formula is C31H32Cl2N2O2S. The van der Waals surface area contributed by atoms with Crippen LogP contribution in [0.1, 0.15) is 40.9 Å². The number of benzene rings is 3. The Bertz CT molecular complexity index is 1430. The maximum absolute atomic E-state index is 14.2. The van der Waals surface area contributed by atoms with Crippen LogP contribution in [0.5, 0.6) is 5.75 Å². The molecule has 38 heavy (non-hydrogen) atoms. The van der Waals surface area contributed by atoms with E-state index in [0.29, 0.717) is 27.5 Å². The normalized spacial score (nSPS) is 17.6. The summed E-state index contributed by atoms with van der Waals surface area (Å²) < 4.78 is 6.79. The largest absolute Gasteiger partial charge is 0.496 e. The van der Waals surface area contributed by atoms with Crippen LogP contribution in [0.4, 0.5) is 0 Å². The molecule has 0 N–H and O–H groups in total. The summed E-state index contributed by atoms with van der Waals surface area (Å²) in [4.78, 5) is 19.2. The van der Waals surface area contributed by atoms with Gasteiger partial charge in [0.2, 0.25) is 0 Å². The third-order valence-electron chi connectivity index (χ3n) is 7.63. The standard InChI is InChI=1S/C31H32Cl2N2O2S/c1-34(2)24-13-15-25(16-14-24)35(31(36)30-29(33)26-6-4-5-7-28(26)38-30)19-22-18-21(10-17-27(22)37-3)20-8-11-23(32)12-9-20/h4-12,17-18,24-25H,13-16,19H2,1-3H3. The van der Waals surface area contributed by atoms with E-state index in [4.69, 9.17) is 27.9 Å². The van der Waals surface area contributed by atoms with E-state index in [-0.39, 0.29) is 11.9 Å². The first-order valence-electron chi connectivity index (χ1n) is 12.9. The van der Waals surface area contributed by atoms with Crippen molar-refractivity contribution in [3.05, 3.63) is 87.2 Å². The maximum atomic E-state index is 14.2. The molecule has 1 aromatic heterocycles. The summed E-state index contributed by atoms with van der Waals surface area (Å²) in [6.07, 6.45) is 4.03. The fourth-order valence-corrected chi connectivity index (χ4v) is 7.04. The Kier molecular flexibility index (Phi) is 8.29. The van der Waals surface area contributed by atoms with Gasteiger partial charge in [-0.3, -0.25) is 4.79 Å². The van der Waals surface area contributed by atoms with Crippen molar-refractivity contribution in [2.24, 2.45) is 0 Å². The van der Waals surface area contributed by atoms with Crippen LogP contribution >= 0.6 is 34.5 Å². The molecule has 5 rings (SSSR count). The van der Waals surface area contributed by atoms with Gasteiger partial charge >= 0.3 is 0 Å². The van der Waals surface area contributed by atoms with Crippen LogP contribution in [0.15, 0.2) is 66.7 Å². The van der Waals surface area contributed by atoms with Gasteiger partial charge in [0.05, 0.1) is 12.1 Å². The first-order valence-corrected chi connectivity index (χ1v) is 14.5. The average molecular weight is 568 g/mol. The second kappa shape index (κ2) is 11.7. The molecule has 7 heteroatoms. The maximum Gasteiger partial charge on any atom is 0.266 e. The van der Waals surface area contributed by atoms with Gasteiger partial charge in [0.1, 0.15) is 10.6 Å². The van der Waals surface area contributed by atoms with Crippen LogP contribution in [-0.4, -0.2) is 49.0 Å². The van der Waals surface area contributed by atoms with Crippen LogP contribution < -0.4 is 4.74 Å². The van der Waals surface area contributed by atoms with E-state index in [1.807, 2.05) is 65.6 Å². The summed E-state index contributed by atoms with van der Waals surface area (Å²) in [7, 11) is 5.95. The molecule has 1 aliphatic carbocycles. The quantitative estimate of drug-likeness (QED) is 0.225. The number of hydrogen-bond acceptors (Lipinski definition) is 4. The van der Waals surface area contributed by atoms with Gasteiger partial charge in [-0.25, -0.2) is 0 Å². The number of amides is 1. The van der Waals surface area contributed by atoms with Crippen molar-refractivity contribution in [2.45, 2.75) is 44.3 Å². The summed E-state index contributed by atoms with van der Waals surface area (Å²) in [6.45, 7) is 0.450. The molecule has 0 unspecified atom stereocenters. The van der Waals surface area contributed by atoms with Gasteiger partial charge in [0.15, 0.2) is 0 Å².